The molecule has 11 heavy (non-hydrogen) atoms. The normalized spacial score (nSPS) is 24.1. The second-order valence-corrected chi connectivity index (χ2v) is 3.03. The zero-order valence-electron chi connectivity index (χ0n) is 7.05. The van der Waals surface area contributed by atoms with Crippen molar-refractivity contribution in [3.05, 3.63) is 0 Å². The zero-order chi connectivity index (χ0) is 8.10. The van der Waals surface area contributed by atoms with Crippen LogP contribution in [0.5, 0.6) is 0 Å². The molecule has 1 unspecified atom stereocenters. The Hall–Kier alpha value is -0.570. The van der Waals surface area contributed by atoms with Crippen molar-refractivity contribution in [2.24, 2.45) is 0 Å². The first-order chi connectivity index (χ1) is 5.38. The lowest BCUT2D eigenvalue weighted by Crippen LogP contribution is -2.30. The van der Waals surface area contributed by atoms with Gasteiger partial charge in [-0.1, -0.05) is 0 Å². The number of hydrogen-bond donors (Lipinski definition) is 1. The van der Waals surface area contributed by atoms with Gasteiger partial charge >= 0.3 is 0 Å². The fraction of sp³-hybridized carbons (Fsp3) is 0.875. The van der Waals surface area contributed by atoms with Crippen LogP contribution in [0.15, 0.2) is 0 Å². The number of nitrogens with zero attached hydrogens (tertiary/aromatic N) is 1. The average Bonchev–Trinajstić information content (AvgIpc) is 2.47. The number of amides is 1. The molecule has 64 valence electrons. The highest BCUT2D eigenvalue weighted by molar-refractivity contribution is 5.48. The summed E-state index contributed by atoms with van der Waals surface area (Å²) in [5.74, 6) is 0. The standard InChI is InChI=1S/C8H16N2O/c1-9-5-4-8-3-2-6-10(8)7-11/h7-9H,2-6H2,1H3. The maximum absolute atomic E-state index is 10.5. The van der Waals surface area contributed by atoms with Gasteiger partial charge in [0.05, 0.1) is 0 Å². The maximum atomic E-state index is 10.5. The van der Waals surface area contributed by atoms with Crippen LogP contribution in [0.25, 0.3) is 0 Å². The summed E-state index contributed by atoms with van der Waals surface area (Å²) in [6.07, 6.45) is 4.43. The molecule has 1 N–H and O–H groups in total. The van der Waals surface area contributed by atoms with Crippen LogP contribution in [-0.2, 0) is 4.79 Å². The van der Waals surface area contributed by atoms with Gasteiger partial charge in [-0.2, -0.15) is 0 Å². The minimum atomic E-state index is 0.500. The molecule has 1 aliphatic heterocycles. The van der Waals surface area contributed by atoms with Crippen molar-refractivity contribution >= 4 is 6.41 Å². The number of nitrogens with one attached hydrogen (secondary N) is 1. The number of carbonyl (C=O) groups excluding carboxylic acids is 1. The molecule has 0 aromatic carbocycles. The molecule has 0 aromatic rings. The number of likely N-dealkylation sites (tertiary alicyclic amines) is 1. The van der Waals surface area contributed by atoms with Gasteiger partial charge in [0, 0.05) is 12.6 Å². The van der Waals surface area contributed by atoms with E-state index < -0.39 is 0 Å². The summed E-state index contributed by atoms with van der Waals surface area (Å²) in [5, 5.41) is 3.10. The van der Waals surface area contributed by atoms with Crippen LogP contribution >= 0.6 is 0 Å². The molecule has 3 nitrogen and oxygen atoms in total. The van der Waals surface area contributed by atoms with E-state index in [1.165, 1.54) is 12.8 Å². The highest BCUT2D eigenvalue weighted by Gasteiger charge is 2.21. The van der Waals surface area contributed by atoms with Crippen molar-refractivity contribution in [2.45, 2.75) is 25.3 Å². The summed E-state index contributed by atoms with van der Waals surface area (Å²) in [4.78, 5) is 12.4. The van der Waals surface area contributed by atoms with E-state index in [0.717, 1.165) is 25.9 Å². The molecule has 1 aliphatic rings. The van der Waals surface area contributed by atoms with Gasteiger partial charge in [-0.05, 0) is 32.9 Å². The maximum Gasteiger partial charge on any atom is 0.209 e. The fourth-order valence-corrected chi connectivity index (χ4v) is 1.62. The summed E-state index contributed by atoms with van der Waals surface area (Å²) in [6, 6.07) is 0.500. The van der Waals surface area contributed by atoms with Crippen LogP contribution < -0.4 is 5.32 Å². The van der Waals surface area contributed by atoms with E-state index in [4.69, 9.17) is 0 Å². The van der Waals surface area contributed by atoms with E-state index >= 15 is 0 Å². The van der Waals surface area contributed by atoms with E-state index in [9.17, 15) is 4.79 Å². The minimum absolute atomic E-state index is 0.500. The second kappa shape index (κ2) is 4.34. The van der Waals surface area contributed by atoms with Crippen LogP contribution in [0.2, 0.25) is 0 Å². The molecular formula is C8H16N2O. The van der Waals surface area contributed by atoms with Gasteiger partial charge < -0.3 is 10.2 Å². The summed E-state index contributed by atoms with van der Waals surface area (Å²) in [6.45, 7) is 1.97. The average molecular weight is 156 g/mol. The van der Waals surface area contributed by atoms with Crippen molar-refractivity contribution in [1.82, 2.24) is 10.2 Å². The summed E-state index contributed by atoms with van der Waals surface area (Å²) >= 11 is 0. The first-order valence-electron chi connectivity index (χ1n) is 4.24. The Morgan fingerprint density at radius 1 is 1.73 bits per heavy atom. The molecule has 0 bridgehead atoms. The molecule has 0 spiro atoms. The van der Waals surface area contributed by atoms with Gasteiger partial charge in [0.1, 0.15) is 0 Å². The van der Waals surface area contributed by atoms with Crippen LogP contribution in [-0.4, -0.2) is 37.5 Å². The van der Waals surface area contributed by atoms with Crippen LogP contribution in [0, 0.1) is 0 Å². The Morgan fingerprint density at radius 2 is 2.55 bits per heavy atom. The molecule has 1 heterocycles. The molecular weight excluding hydrogens is 140 g/mol. The third-order valence-corrected chi connectivity index (χ3v) is 2.29. The predicted molar refractivity (Wildman–Crippen MR) is 44.3 cm³/mol. The Kier molecular flexibility index (Phi) is 3.36. The third kappa shape index (κ3) is 2.19. The molecule has 1 atom stereocenters. The minimum Gasteiger partial charge on any atom is -0.342 e. The number of carbonyl (C=O) groups is 1. The van der Waals surface area contributed by atoms with E-state index in [1.807, 2.05) is 11.9 Å². The summed E-state index contributed by atoms with van der Waals surface area (Å²) < 4.78 is 0. The number of hydrogen-bond acceptors (Lipinski definition) is 2. The summed E-state index contributed by atoms with van der Waals surface area (Å²) in [7, 11) is 1.94. The van der Waals surface area contributed by atoms with Gasteiger partial charge in [0.2, 0.25) is 6.41 Å². The molecule has 0 aromatic heterocycles. The third-order valence-electron chi connectivity index (χ3n) is 2.29. The first-order valence-corrected chi connectivity index (χ1v) is 4.24. The molecule has 0 radical (unpaired) electrons. The van der Waals surface area contributed by atoms with E-state index in [-0.39, 0.29) is 0 Å². The second-order valence-electron chi connectivity index (χ2n) is 3.03. The van der Waals surface area contributed by atoms with Gasteiger partial charge in [0.25, 0.3) is 0 Å². The molecule has 1 fully saturated rings. The Bertz CT molecular complexity index is 127. The first kappa shape index (κ1) is 8.53. The van der Waals surface area contributed by atoms with Gasteiger partial charge in [-0.25, -0.2) is 0 Å². The smallest absolute Gasteiger partial charge is 0.209 e. The largest absolute Gasteiger partial charge is 0.342 e. The topological polar surface area (TPSA) is 32.3 Å². The molecule has 1 amide bonds. The van der Waals surface area contributed by atoms with Crippen molar-refractivity contribution in [3.63, 3.8) is 0 Å². The van der Waals surface area contributed by atoms with E-state index in [2.05, 4.69) is 5.32 Å². The highest BCUT2D eigenvalue weighted by atomic mass is 16.1. The Labute approximate surface area is 67.8 Å². The molecule has 0 aliphatic carbocycles. The molecule has 0 saturated carbocycles. The van der Waals surface area contributed by atoms with Crippen LogP contribution in [0.3, 0.4) is 0 Å². The van der Waals surface area contributed by atoms with E-state index in [0.29, 0.717) is 6.04 Å². The Morgan fingerprint density at radius 3 is 3.18 bits per heavy atom. The zero-order valence-corrected chi connectivity index (χ0v) is 7.05. The predicted octanol–water partition coefficient (Wildman–Crippen LogP) is 0.217. The Balaban J connectivity index is 2.25. The summed E-state index contributed by atoms with van der Waals surface area (Å²) in [5.41, 5.74) is 0. The highest BCUT2D eigenvalue weighted by Crippen LogP contribution is 2.17. The fourth-order valence-electron chi connectivity index (χ4n) is 1.62. The lowest BCUT2D eigenvalue weighted by molar-refractivity contribution is -0.118. The van der Waals surface area contributed by atoms with Crippen molar-refractivity contribution in [3.8, 4) is 0 Å². The van der Waals surface area contributed by atoms with Crippen molar-refractivity contribution < 1.29 is 4.79 Å². The van der Waals surface area contributed by atoms with Gasteiger partial charge in [-0.15, -0.1) is 0 Å². The van der Waals surface area contributed by atoms with Gasteiger partial charge in [0.15, 0.2) is 0 Å². The molecule has 1 saturated heterocycles. The number of rotatable bonds is 4. The molecule has 3 heteroatoms. The SMILES string of the molecule is CNCCC1CCCN1C=O. The molecule has 1 rings (SSSR count). The quantitative estimate of drug-likeness (QED) is 0.590. The van der Waals surface area contributed by atoms with Crippen LogP contribution in [0.4, 0.5) is 0 Å². The lowest BCUT2D eigenvalue weighted by atomic mass is 10.1. The monoisotopic (exact) mass is 156 g/mol. The van der Waals surface area contributed by atoms with Crippen molar-refractivity contribution in [1.29, 1.82) is 0 Å². The van der Waals surface area contributed by atoms with Crippen LogP contribution in [0.1, 0.15) is 19.3 Å². The van der Waals surface area contributed by atoms with E-state index in [1.54, 1.807) is 0 Å². The van der Waals surface area contributed by atoms with Gasteiger partial charge in [-0.3, -0.25) is 4.79 Å². The lowest BCUT2D eigenvalue weighted by Gasteiger charge is -2.19. The van der Waals surface area contributed by atoms with Crippen molar-refractivity contribution in [2.75, 3.05) is 20.1 Å².